The van der Waals surface area contributed by atoms with E-state index in [1.165, 1.54) is 22.2 Å². The number of hydrogen-bond acceptors (Lipinski definition) is 1. The lowest BCUT2D eigenvalue weighted by molar-refractivity contribution is 1.04. The number of para-hydroxylation sites is 1. The fourth-order valence-electron chi connectivity index (χ4n) is 3.52. The maximum Gasteiger partial charge on any atom is 0.0534 e. The van der Waals surface area contributed by atoms with Crippen molar-refractivity contribution in [2.75, 3.05) is 0 Å². The van der Waals surface area contributed by atoms with Gasteiger partial charge in [-0.1, -0.05) is 86.5 Å². The smallest absolute Gasteiger partial charge is 0.0534 e. The molecule has 0 bridgehead atoms. The van der Waals surface area contributed by atoms with Gasteiger partial charge in [-0.3, -0.25) is 0 Å². The van der Waals surface area contributed by atoms with Gasteiger partial charge in [0.15, 0.2) is 0 Å². The van der Waals surface area contributed by atoms with Gasteiger partial charge in [0, 0.05) is 22.5 Å². The van der Waals surface area contributed by atoms with Crippen molar-refractivity contribution < 1.29 is 0 Å². The van der Waals surface area contributed by atoms with Crippen LogP contribution in [0, 0.1) is 13.8 Å². The molecule has 0 fully saturated rings. The first-order valence-corrected chi connectivity index (χ1v) is 10.4. The number of nitrogens with two attached hydrogens (primary N) is 1. The third-order valence-electron chi connectivity index (χ3n) is 5.26. The molecule has 0 amide bonds. The number of nitrogens with zero attached hydrogens (tertiary/aromatic N) is 1. The maximum absolute atomic E-state index is 5.42. The van der Waals surface area contributed by atoms with Crippen LogP contribution in [0.2, 0.25) is 0 Å². The summed E-state index contributed by atoms with van der Waals surface area (Å²) < 4.78 is 2.31. The van der Waals surface area contributed by atoms with Gasteiger partial charge >= 0.3 is 0 Å². The highest BCUT2D eigenvalue weighted by Gasteiger charge is 2.11. The van der Waals surface area contributed by atoms with E-state index in [9.17, 15) is 0 Å². The molecular formula is C30H32N2. The molecule has 0 spiro atoms. The molecule has 3 aromatic carbocycles. The predicted molar refractivity (Wildman–Crippen MR) is 143 cm³/mol. The van der Waals surface area contributed by atoms with E-state index in [1.54, 1.807) is 6.08 Å². The minimum atomic E-state index is 0.621. The monoisotopic (exact) mass is 420 g/mol. The number of fused-ring (bicyclic) bond motifs is 1. The molecule has 0 radical (unpaired) electrons. The summed E-state index contributed by atoms with van der Waals surface area (Å²) in [6.45, 7) is 21.8. The quantitative estimate of drug-likeness (QED) is 0.402. The third-order valence-corrected chi connectivity index (χ3v) is 5.26. The second-order valence-corrected chi connectivity index (χ2v) is 7.24. The second kappa shape index (κ2) is 11.4. The zero-order valence-electron chi connectivity index (χ0n) is 19.1. The fraction of sp³-hybridized carbons (Fsp3) is 0.0667. The van der Waals surface area contributed by atoms with Gasteiger partial charge in [-0.05, 0) is 53.6 Å². The first-order chi connectivity index (χ1) is 15.4. The highest BCUT2D eigenvalue weighted by atomic mass is 15.0. The van der Waals surface area contributed by atoms with Crippen LogP contribution in [0.25, 0.3) is 34.9 Å². The molecule has 4 rings (SSSR count). The summed E-state index contributed by atoms with van der Waals surface area (Å²) in [4.78, 5) is 0. The van der Waals surface area contributed by atoms with E-state index in [4.69, 9.17) is 5.73 Å². The summed E-state index contributed by atoms with van der Waals surface area (Å²) in [7, 11) is 0. The molecule has 0 aliphatic rings. The number of hydrogen-bond donors (Lipinski definition) is 1. The predicted octanol–water partition coefficient (Wildman–Crippen LogP) is 6.04. The molecule has 2 nitrogen and oxygen atoms in total. The number of aryl methyl sites for hydroxylation is 1. The molecule has 1 heterocycles. The fourth-order valence-corrected chi connectivity index (χ4v) is 3.52. The van der Waals surface area contributed by atoms with Gasteiger partial charge in [0.1, 0.15) is 0 Å². The highest BCUT2D eigenvalue weighted by Crippen LogP contribution is 2.27. The normalized spacial score (nSPS) is 10.5. The Labute approximate surface area is 191 Å². The number of allylic oxidation sites excluding steroid dienone is 1. The van der Waals surface area contributed by atoms with E-state index in [1.807, 2.05) is 36.4 Å². The van der Waals surface area contributed by atoms with Gasteiger partial charge in [0.05, 0.1) is 5.52 Å². The van der Waals surface area contributed by atoms with Gasteiger partial charge in [-0.25, -0.2) is 0 Å². The van der Waals surface area contributed by atoms with Crippen molar-refractivity contribution in [2.45, 2.75) is 13.8 Å². The van der Waals surface area contributed by atoms with Crippen LogP contribution < -0.4 is 16.2 Å². The Kier molecular flexibility index (Phi) is 8.62. The SMILES string of the molecule is C=C.C=C(N)c1ccccc1.C=C/C=c1/cc(-n2c(C)c(C)c3ccccc32)ccc1=C. The molecule has 0 saturated heterocycles. The lowest BCUT2D eigenvalue weighted by Crippen LogP contribution is -2.23. The Morgan fingerprint density at radius 2 is 1.53 bits per heavy atom. The minimum absolute atomic E-state index is 0.621. The van der Waals surface area contributed by atoms with E-state index in [-0.39, 0.29) is 0 Å². The molecule has 2 N–H and O–H groups in total. The molecule has 162 valence electrons. The standard InChI is InChI=1S/C20H19N.C8H9N.C2H4/c1-5-8-17-13-18(12-11-14(17)2)21-16(4)15(3)19-9-6-7-10-20(19)21;1-7(9)8-5-3-2-4-6-8;1-2/h5-13H,1-2H2,3-4H3;2-6H,1,9H2;1-2H2/b17-8-;;. The van der Waals surface area contributed by atoms with Gasteiger partial charge in [0.25, 0.3) is 0 Å². The topological polar surface area (TPSA) is 30.9 Å². The van der Waals surface area contributed by atoms with Crippen molar-refractivity contribution in [1.82, 2.24) is 4.57 Å². The summed E-state index contributed by atoms with van der Waals surface area (Å²) in [5, 5.41) is 3.43. The Morgan fingerprint density at radius 1 is 0.906 bits per heavy atom. The summed E-state index contributed by atoms with van der Waals surface area (Å²) in [6, 6.07) is 24.6. The van der Waals surface area contributed by atoms with Crippen molar-refractivity contribution >= 4 is 29.3 Å². The van der Waals surface area contributed by atoms with E-state index in [2.05, 4.69) is 93.8 Å². The molecule has 0 unspecified atom stereocenters. The van der Waals surface area contributed by atoms with Crippen molar-refractivity contribution in [3.8, 4) is 5.69 Å². The average molecular weight is 421 g/mol. The summed E-state index contributed by atoms with van der Waals surface area (Å²) in [5.41, 5.74) is 12.1. The van der Waals surface area contributed by atoms with Gasteiger partial charge in [-0.2, -0.15) is 0 Å². The van der Waals surface area contributed by atoms with Crippen molar-refractivity contribution in [1.29, 1.82) is 0 Å². The van der Waals surface area contributed by atoms with Crippen LogP contribution in [0.15, 0.2) is 105 Å². The first kappa shape index (κ1) is 24.2. The maximum atomic E-state index is 5.42. The van der Waals surface area contributed by atoms with Crippen molar-refractivity contribution in [3.05, 3.63) is 132 Å². The molecule has 4 aromatic rings. The molecule has 2 heteroatoms. The van der Waals surface area contributed by atoms with Crippen molar-refractivity contribution in [3.63, 3.8) is 0 Å². The van der Waals surface area contributed by atoms with Crippen LogP contribution in [0.5, 0.6) is 0 Å². The molecule has 32 heavy (non-hydrogen) atoms. The van der Waals surface area contributed by atoms with Crippen molar-refractivity contribution in [2.24, 2.45) is 5.73 Å². The lowest BCUT2D eigenvalue weighted by atomic mass is 10.2. The van der Waals surface area contributed by atoms with Gasteiger partial charge < -0.3 is 10.3 Å². The van der Waals surface area contributed by atoms with E-state index in [0.717, 1.165) is 21.7 Å². The van der Waals surface area contributed by atoms with E-state index >= 15 is 0 Å². The van der Waals surface area contributed by atoms with Gasteiger partial charge in [0.2, 0.25) is 0 Å². The zero-order chi connectivity index (χ0) is 23.7. The van der Waals surface area contributed by atoms with Crippen LogP contribution >= 0.6 is 0 Å². The van der Waals surface area contributed by atoms with Crippen LogP contribution in [0.4, 0.5) is 0 Å². The number of rotatable bonds is 3. The molecule has 1 aromatic heterocycles. The summed E-state index contributed by atoms with van der Waals surface area (Å²) in [6.07, 6.45) is 3.80. The first-order valence-electron chi connectivity index (χ1n) is 10.4. The van der Waals surface area contributed by atoms with E-state index < -0.39 is 0 Å². The zero-order valence-corrected chi connectivity index (χ0v) is 19.1. The molecule has 0 saturated carbocycles. The number of aromatic nitrogens is 1. The minimum Gasteiger partial charge on any atom is -0.399 e. The van der Waals surface area contributed by atoms with Gasteiger partial charge in [-0.15, -0.1) is 13.2 Å². The summed E-state index contributed by atoms with van der Waals surface area (Å²) in [5.74, 6) is 0. The molecule has 0 atom stereocenters. The molecule has 0 aliphatic heterocycles. The Hall–Kier alpha value is -4.04. The van der Waals surface area contributed by atoms with Crippen LogP contribution in [0.3, 0.4) is 0 Å². The number of benzene rings is 3. The Morgan fingerprint density at radius 3 is 2.12 bits per heavy atom. The average Bonchev–Trinajstić information content (AvgIpc) is 3.08. The lowest BCUT2D eigenvalue weighted by Gasteiger charge is -2.09. The highest BCUT2D eigenvalue weighted by molar-refractivity contribution is 5.87. The van der Waals surface area contributed by atoms with Crippen LogP contribution in [-0.4, -0.2) is 4.57 Å². The Balaban J connectivity index is 0.000000277. The summed E-state index contributed by atoms with van der Waals surface area (Å²) >= 11 is 0. The molecule has 0 aliphatic carbocycles. The van der Waals surface area contributed by atoms with Crippen LogP contribution in [-0.2, 0) is 0 Å². The van der Waals surface area contributed by atoms with Crippen LogP contribution in [0.1, 0.15) is 16.8 Å². The van der Waals surface area contributed by atoms with E-state index in [0.29, 0.717) is 5.70 Å². The third kappa shape index (κ3) is 5.35. The Bertz CT molecular complexity index is 1320. The molecular weight excluding hydrogens is 388 g/mol. The largest absolute Gasteiger partial charge is 0.399 e. The second-order valence-electron chi connectivity index (χ2n) is 7.24.